The second kappa shape index (κ2) is 9.48. The molecule has 3 atom stereocenters. The number of alkyl halides is 3. The Hall–Kier alpha value is -2.36. The van der Waals surface area contributed by atoms with Crippen LogP contribution in [-0.2, 0) is 15.1 Å². The van der Waals surface area contributed by atoms with Crippen LogP contribution in [0.4, 0.5) is 13.2 Å². The molecule has 2 aliphatic heterocycles. The smallest absolute Gasteiger partial charge is 0.389 e. The van der Waals surface area contributed by atoms with Crippen molar-refractivity contribution >= 4 is 17.5 Å². The van der Waals surface area contributed by atoms with Crippen molar-refractivity contribution in [1.29, 1.82) is 0 Å². The van der Waals surface area contributed by atoms with Crippen molar-refractivity contribution in [2.75, 3.05) is 26.5 Å². The average Bonchev–Trinajstić information content (AvgIpc) is 3.21. The summed E-state index contributed by atoms with van der Waals surface area (Å²) in [5.74, 6) is -0.703. The summed E-state index contributed by atoms with van der Waals surface area (Å²) in [5, 5.41) is 0.167. The molecule has 3 unspecified atom stereocenters. The third kappa shape index (κ3) is 5.26. The fourth-order valence-corrected chi connectivity index (χ4v) is 4.49. The zero-order chi connectivity index (χ0) is 23.6. The fourth-order valence-electron chi connectivity index (χ4n) is 4.26. The predicted octanol–water partition coefficient (Wildman–Crippen LogP) is 4.82. The summed E-state index contributed by atoms with van der Waals surface area (Å²) in [4.78, 5) is 19.2. The number of carbonyl (C=O) groups is 1. The van der Waals surface area contributed by atoms with Crippen molar-refractivity contribution in [3.63, 3.8) is 0 Å². The number of pyridine rings is 1. The minimum Gasteiger partial charge on any atom is -0.492 e. The number of carbonyl (C=O) groups excluding carboxylic acids is 1. The van der Waals surface area contributed by atoms with E-state index in [0.29, 0.717) is 25.1 Å². The molecular formula is C23H24ClF3N2O4. The van der Waals surface area contributed by atoms with Gasteiger partial charge in [0.05, 0.1) is 23.9 Å². The molecular weight excluding hydrogens is 461 g/mol. The lowest BCUT2D eigenvalue weighted by molar-refractivity contribution is -0.145. The quantitative estimate of drug-likeness (QED) is 0.588. The summed E-state index contributed by atoms with van der Waals surface area (Å²) < 4.78 is 54.6. The maximum absolute atomic E-state index is 13.1. The number of fused-ring (bicyclic) bond motifs is 1. The van der Waals surface area contributed by atoms with E-state index in [1.165, 1.54) is 19.1 Å². The second-order valence-corrected chi connectivity index (χ2v) is 8.81. The van der Waals surface area contributed by atoms with E-state index in [0.717, 1.165) is 5.69 Å². The molecule has 1 aromatic carbocycles. The monoisotopic (exact) mass is 484 g/mol. The molecule has 2 aliphatic rings. The van der Waals surface area contributed by atoms with Gasteiger partial charge in [0.2, 0.25) is 0 Å². The van der Waals surface area contributed by atoms with Gasteiger partial charge < -0.3 is 19.1 Å². The lowest BCUT2D eigenvalue weighted by atomic mass is 9.85. The van der Waals surface area contributed by atoms with Gasteiger partial charge in [-0.25, -0.2) is 0 Å². The third-order valence-electron chi connectivity index (χ3n) is 5.91. The zero-order valence-electron chi connectivity index (χ0n) is 18.0. The highest BCUT2D eigenvalue weighted by Crippen LogP contribution is 2.42. The van der Waals surface area contributed by atoms with Gasteiger partial charge in [-0.3, -0.25) is 9.78 Å². The van der Waals surface area contributed by atoms with E-state index >= 15 is 0 Å². The highest BCUT2D eigenvalue weighted by Gasteiger charge is 2.52. The molecule has 0 saturated carbocycles. The third-order valence-corrected chi connectivity index (χ3v) is 6.21. The number of amides is 1. The van der Waals surface area contributed by atoms with Crippen LogP contribution in [0.15, 0.2) is 42.6 Å². The molecule has 33 heavy (non-hydrogen) atoms. The van der Waals surface area contributed by atoms with Crippen LogP contribution in [0.1, 0.15) is 35.8 Å². The molecule has 0 aliphatic carbocycles. The average molecular weight is 485 g/mol. The number of piperidine rings is 1. The number of hydrogen-bond donors (Lipinski definition) is 0. The molecule has 4 rings (SSSR count). The number of hydrogen-bond acceptors (Lipinski definition) is 5. The Morgan fingerprint density at radius 3 is 2.88 bits per heavy atom. The first-order valence-electron chi connectivity index (χ1n) is 10.6. The summed E-state index contributed by atoms with van der Waals surface area (Å²) in [7, 11) is 0. The fraction of sp³-hybridized carbons (Fsp3) is 0.478. The molecule has 1 amide bonds. The number of ether oxygens (including phenoxy) is 3. The van der Waals surface area contributed by atoms with Crippen molar-refractivity contribution in [2.45, 2.75) is 37.6 Å². The van der Waals surface area contributed by atoms with Gasteiger partial charge in [0.15, 0.2) is 0 Å². The maximum atomic E-state index is 13.1. The van der Waals surface area contributed by atoms with Crippen LogP contribution in [0.25, 0.3) is 0 Å². The number of benzene rings is 1. The van der Waals surface area contributed by atoms with Gasteiger partial charge in [-0.1, -0.05) is 24.6 Å². The van der Waals surface area contributed by atoms with Crippen LogP contribution in [0.5, 0.6) is 5.75 Å². The van der Waals surface area contributed by atoms with Gasteiger partial charge in [0, 0.05) is 31.1 Å². The van der Waals surface area contributed by atoms with E-state index in [1.54, 1.807) is 17.2 Å². The predicted molar refractivity (Wildman–Crippen MR) is 114 cm³/mol. The second-order valence-electron chi connectivity index (χ2n) is 8.40. The van der Waals surface area contributed by atoms with E-state index in [-0.39, 0.29) is 36.2 Å². The number of halogens is 4. The number of aromatic nitrogens is 1. The molecule has 0 N–H and O–H groups in total. The Balaban J connectivity index is 1.40. The Morgan fingerprint density at radius 1 is 1.36 bits per heavy atom. The number of likely N-dealkylation sites (tertiary alicyclic amines) is 1. The summed E-state index contributed by atoms with van der Waals surface area (Å²) in [6.07, 6.45) is -3.30. The molecule has 2 fully saturated rings. The van der Waals surface area contributed by atoms with Crippen LogP contribution in [0, 0.1) is 5.92 Å². The summed E-state index contributed by atoms with van der Waals surface area (Å²) in [6, 6.07) is 10.2. The highest BCUT2D eigenvalue weighted by atomic mass is 35.5. The van der Waals surface area contributed by atoms with Crippen molar-refractivity contribution in [2.24, 2.45) is 5.92 Å². The molecule has 178 valence electrons. The van der Waals surface area contributed by atoms with Crippen molar-refractivity contribution in [3.8, 4) is 5.75 Å². The van der Waals surface area contributed by atoms with Gasteiger partial charge in [-0.15, -0.1) is 0 Å². The van der Waals surface area contributed by atoms with Crippen molar-refractivity contribution < 1.29 is 32.2 Å². The normalized spacial score (nSPS) is 23.8. The molecule has 3 heterocycles. The molecule has 10 heteroatoms. The van der Waals surface area contributed by atoms with Crippen LogP contribution in [-0.4, -0.2) is 54.6 Å². The summed E-state index contributed by atoms with van der Waals surface area (Å²) >= 11 is 6.25. The minimum atomic E-state index is -4.25. The zero-order valence-corrected chi connectivity index (χ0v) is 18.7. The first-order chi connectivity index (χ1) is 15.7. The van der Waals surface area contributed by atoms with Gasteiger partial charge >= 0.3 is 6.18 Å². The topological polar surface area (TPSA) is 60.9 Å². The minimum absolute atomic E-state index is 0.132. The molecule has 1 aromatic heterocycles. The maximum Gasteiger partial charge on any atom is 0.389 e. The Bertz CT molecular complexity index is 991. The lowest BCUT2D eigenvalue weighted by Crippen LogP contribution is -2.53. The standard InChI is InChI=1S/C23H24ClF3N2O4/c1-15(11-23(25,26)27)13-31-18-6-5-16(10-17(18)24)21(30)29-9-7-22(19-4-2-3-8-28-19)20(12-29)32-14-33-22/h2-6,8,10,15,20H,7,9,11-14H2,1H3. The summed E-state index contributed by atoms with van der Waals surface area (Å²) in [6.45, 7) is 2.23. The summed E-state index contributed by atoms with van der Waals surface area (Å²) in [5.41, 5.74) is 0.462. The molecule has 0 radical (unpaired) electrons. The molecule has 2 aromatic rings. The Kier molecular flexibility index (Phi) is 6.83. The molecule has 0 bridgehead atoms. The highest BCUT2D eigenvalue weighted by molar-refractivity contribution is 6.32. The van der Waals surface area contributed by atoms with E-state index in [1.807, 2.05) is 18.2 Å². The first kappa shape index (κ1) is 23.8. The lowest BCUT2D eigenvalue weighted by Gasteiger charge is -2.41. The SMILES string of the molecule is CC(COc1ccc(C(=O)N2CCC3(c4ccccn4)OCOC3C2)cc1Cl)CC(F)(F)F. The van der Waals surface area contributed by atoms with E-state index < -0.39 is 24.1 Å². The Morgan fingerprint density at radius 2 is 2.18 bits per heavy atom. The van der Waals surface area contributed by atoms with Gasteiger partial charge in [-0.05, 0) is 36.2 Å². The van der Waals surface area contributed by atoms with Crippen LogP contribution in [0.3, 0.4) is 0 Å². The van der Waals surface area contributed by atoms with Gasteiger partial charge in [0.1, 0.15) is 24.2 Å². The first-order valence-corrected chi connectivity index (χ1v) is 11.0. The molecule has 2 saturated heterocycles. The van der Waals surface area contributed by atoms with Crippen LogP contribution in [0.2, 0.25) is 5.02 Å². The molecule has 6 nitrogen and oxygen atoms in total. The Labute approximate surface area is 194 Å². The van der Waals surface area contributed by atoms with Gasteiger partial charge in [0.25, 0.3) is 5.91 Å². The van der Waals surface area contributed by atoms with Crippen molar-refractivity contribution in [1.82, 2.24) is 9.88 Å². The van der Waals surface area contributed by atoms with Gasteiger partial charge in [-0.2, -0.15) is 13.2 Å². The van der Waals surface area contributed by atoms with Crippen LogP contribution < -0.4 is 4.74 Å². The number of nitrogens with zero attached hydrogens (tertiary/aromatic N) is 2. The van der Waals surface area contributed by atoms with Crippen LogP contribution >= 0.6 is 11.6 Å². The largest absolute Gasteiger partial charge is 0.492 e. The molecule has 0 spiro atoms. The van der Waals surface area contributed by atoms with Crippen molar-refractivity contribution in [3.05, 3.63) is 58.9 Å². The van der Waals surface area contributed by atoms with E-state index in [2.05, 4.69) is 4.98 Å². The number of rotatable bonds is 6. The van der Waals surface area contributed by atoms with E-state index in [9.17, 15) is 18.0 Å². The van der Waals surface area contributed by atoms with E-state index in [4.69, 9.17) is 25.8 Å².